The van der Waals surface area contributed by atoms with Crippen molar-refractivity contribution >= 4 is 27.7 Å². The molecule has 1 heterocycles. The molecule has 1 aromatic heterocycles. The molecule has 1 amide bonds. The van der Waals surface area contributed by atoms with Gasteiger partial charge < -0.3 is 10.6 Å². The fourth-order valence-electron chi connectivity index (χ4n) is 2.16. The summed E-state index contributed by atoms with van der Waals surface area (Å²) in [5.74, 6) is 0.289. The van der Waals surface area contributed by atoms with Gasteiger partial charge in [0.25, 0.3) is 5.91 Å². The van der Waals surface area contributed by atoms with Crippen molar-refractivity contribution in [2.45, 2.75) is 25.4 Å². The lowest BCUT2D eigenvalue weighted by molar-refractivity contribution is 0.0723. The van der Waals surface area contributed by atoms with Crippen LogP contribution in [-0.4, -0.2) is 27.0 Å². The molecule has 0 saturated heterocycles. The Morgan fingerprint density at radius 2 is 2.20 bits per heavy atom. The van der Waals surface area contributed by atoms with Gasteiger partial charge in [-0.05, 0) is 24.5 Å². The first kappa shape index (κ1) is 13.2. The second kappa shape index (κ2) is 5.28. The first-order valence-corrected chi connectivity index (χ1v) is 7.29. The Bertz CT molecular complexity index is 636. The van der Waals surface area contributed by atoms with Crippen molar-refractivity contribution in [2.24, 2.45) is 0 Å². The van der Waals surface area contributed by atoms with Gasteiger partial charge in [0.2, 0.25) is 0 Å². The molecule has 1 aliphatic rings. The number of carbonyl (C=O) groups excluding carboxylic acids is 1. The van der Waals surface area contributed by atoms with Crippen molar-refractivity contribution in [3.05, 3.63) is 46.1 Å². The number of rotatable bonds is 4. The van der Waals surface area contributed by atoms with Crippen LogP contribution in [-0.2, 0) is 6.54 Å². The van der Waals surface area contributed by atoms with Gasteiger partial charge in [-0.15, -0.1) is 0 Å². The highest BCUT2D eigenvalue weighted by Crippen LogP contribution is 2.31. The molecule has 6 heteroatoms. The fourth-order valence-corrected chi connectivity index (χ4v) is 2.57. The summed E-state index contributed by atoms with van der Waals surface area (Å²) in [6.07, 6.45) is 2.11. The van der Waals surface area contributed by atoms with Gasteiger partial charge in [0.05, 0.1) is 0 Å². The molecule has 3 N–H and O–H groups in total. The molecule has 0 spiro atoms. The monoisotopic (exact) mass is 334 g/mol. The van der Waals surface area contributed by atoms with Gasteiger partial charge in [0.1, 0.15) is 11.5 Å². The van der Waals surface area contributed by atoms with Gasteiger partial charge in [-0.1, -0.05) is 34.1 Å². The Kier molecular flexibility index (Phi) is 3.48. The maximum Gasteiger partial charge on any atom is 0.272 e. The third-order valence-electron chi connectivity index (χ3n) is 3.38. The zero-order valence-electron chi connectivity index (χ0n) is 10.8. The largest absolute Gasteiger partial charge is 0.382 e. The molecule has 104 valence electrons. The molecule has 1 saturated carbocycles. The van der Waals surface area contributed by atoms with Crippen molar-refractivity contribution < 1.29 is 4.79 Å². The van der Waals surface area contributed by atoms with Crippen LogP contribution in [0.3, 0.4) is 0 Å². The summed E-state index contributed by atoms with van der Waals surface area (Å²) in [5, 5.41) is 6.51. The van der Waals surface area contributed by atoms with Crippen molar-refractivity contribution in [1.82, 2.24) is 15.1 Å². The Hall–Kier alpha value is -1.82. The molecular weight excluding hydrogens is 320 g/mol. The van der Waals surface area contributed by atoms with Crippen molar-refractivity contribution in [3.8, 4) is 0 Å². The number of hydrogen-bond donors (Lipinski definition) is 2. The maximum atomic E-state index is 12.5. The minimum atomic E-state index is -0.0487. The molecular formula is C14H15BrN4O. The van der Waals surface area contributed by atoms with Gasteiger partial charge in [-0.3, -0.25) is 9.89 Å². The topological polar surface area (TPSA) is 75.0 Å². The van der Waals surface area contributed by atoms with E-state index in [4.69, 9.17) is 5.73 Å². The second-order valence-corrected chi connectivity index (χ2v) is 5.82. The summed E-state index contributed by atoms with van der Waals surface area (Å²) in [7, 11) is 0. The van der Waals surface area contributed by atoms with Gasteiger partial charge in [0.15, 0.2) is 0 Å². The van der Waals surface area contributed by atoms with Gasteiger partial charge in [0, 0.05) is 23.1 Å². The first-order valence-electron chi connectivity index (χ1n) is 6.50. The van der Waals surface area contributed by atoms with Crippen LogP contribution in [0.4, 0.5) is 5.82 Å². The highest BCUT2D eigenvalue weighted by molar-refractivity contribution is 9.10. The summed E-state index contributed by atoms with van der Waals surface area (Å²) in [6.45, 7) is 0.587. The summed E-state index contributed by atoms with van der Waals surface area (Å²) >= 11 is 3.53. The Balaban J connectivity index is 1.83. The number of nitrogens with zero attached hydrogens (tertiary/aromatic N) is 2. The Labute approximate surface area is 125 Å². The van der Waals surface area contributed by atoms with E-state index in [0.29, 0.717) is 24.1 Å². The number of nitrogens with one attached hydrogen (secondary N) is 1. The number of amides is 1. The maximum absolute atomic E-state index is 12.5. The fraction of sp³-hybridized carbons (Fsp3) is 0.286. The Morgan fingerprint density at radius 3 is 2.80 bits per heavy atom. The van der Waals surface area contributed by atoms with E-state index in [1.54, 1.807) is 6.07 Å². The number of nitrogens with two attached hydrogens (primary N) is 1. The van der Waals surface area contributed by atoms with Crippen LogP contribution in [0, 0.1) is 0 Å². The molecule has 2 aromatic rings. The number of H-pyrrole nitrogens is 1. The van der Waals surface area contributed by atoms with Crippen LogP contribution in [0.1, 0.15) is 28.9 Å². The molecule has 0 unspecified atom stereocenters. The van der Waals surface area contributed by atoms with Gasteiger partial charge >= 0.3 is 0 Å². The molecule has 0 radical (unpaired) electrons. The number of hydrogen-bond acceptors (Lipinski definition) is 3. The smallest absolute Gasteiger partial charge is 0.272 e. The molecule has 1 fully saturated rings. The van der Waals surface area contributed by atoms with Crippen molar-refractivity contribution in [3.63, 3.8) is 0 Å². The van der Waals surface area contributed by atoms with E-state index in [2.05, 4.69) is 26.1 Å². The van der Waals surface area contributed by atoms with Crippen LogP contribution in [0.2, 0.25) is 0 Å². The average molecular weight is 335 g/mol. The van der Waals surface area contributed by atoms with E-state index in [9.17, 15) is 4.79 Å². The number of benzene rings is 1. The molecule has 5 nitrogen and oxygen atoms in total. The lowest BCUT2D eigenvalue weighted by Crippen LogP contribution is -2.33. The quantitative estimate of drug-likeness (QED) is 0.902. The molecule has 0 bridgehead atoms. The second-order valence-electron chi connectivity index (χ2n) is 4.96. The lowest BCUT2D eigenvalue weighted by Gasteiger charge is -2.22. The molecule has 0 aliphatic heterocycles. The minimum absolute atomic E-state index is 0.0487. The van der Waals surface area contributed by atoms with E-state index < -0.39 is 0 Å². The summed E-state index contributed by atoms with van der Waals surface area (Å²) in [4.78, 5) is 14.4. The van der Waals surface area contributed by atoms with E-state index in [1.807, 2.05) is 29.2 Å². The van der Waals surface area contributed by atoms with E-state index in [-0.39, 0.29) is 5.91 Å². The summed E-state index contributed by atoms with van der Waals surface area (Å²) in [6, 6.07) is 9.85. The van der Waals surface area contributed by atoms with Crippen LogP contribution in [0.25, 0.3) is 0 Å². The molecule has 20 heavy (non-hydrogen) atoms. The van der Waals surface area contributed by atoms with E-state index in [0.717, 1.165) is 22.9 Å². The lowest BCUT2D eigenvalue weighted by atomic mass is 10.2. The van der Waals surface area contributed by atoms with Crippen LogP contribution >= 0.6 is 15.9 Å². The van der Waals surface area contributed by atoms with E-state index >= 15 is 0 Å². The number of carbonyl (C=O) groups is 1. The predicted octanol–water partition coefficient (Wildman–Crippen LogP) is 2.56. The third-order valence-corrected chi connectivity index (χ3v) is 4.15. The predicted molar refractivity (Wildman–Crippen MR) is 80.0 cm³/mol. The zero-order chi connectivity index (χ0) is 14.1. The number of nitrogen functional groups attached to an aromatic ring is 1. The standard InChI is InChI=1S/C14H15BrN4O/c15-11-4-2-1-3-9(11)8-19(10-5-6-10)14(20)12-7-13(16)18-17-12/h1-4,7,10H,5-6,8H2,(H3,16,17,18). The Morgan fingerprint density at radius 1 is 1.45 bits per heavy atom. The number of aromatic nitrogens is 2. The van der Waals surface area contributed by atoms with Crippen LogP contribution in [0.5, 0.6) is 0 Å². The number of aromatic amines is 1. The van der Waals surface area contributed by atoms with Crippen LogP contribution in [0.15, 0.2) is 34.8 Å². The third kappa shape index (κ3) is 2.70. The normalized spacial score (nSPS) is 14.2. The molecule has 3 rings (SSSR count). The highest BCUT2D eigenvalue weighted by Gasteiger charge is 2.34. The first-order chi connectivity index (χ1) is 9.65. The van der Waals surface area contributed by atoms with Crippen molar-refractivity contribution in [2.75, 3.05) is 5.73 Å². The summed E-state index contributed by atoms with van der Waals surface area (Å²) < 4.78 is 1.02. The van der Waals surface area contributed by atoms with Crippen molar-refractivity contribution in [1.29, 1.82) is 0 Å². The zero-order valence-corrected chi connectivity index (χ0v) is 12.4. The molecule has 1 aliphatic carbocycles. The highest BCUT2D eigenvalue weighted by atomic mass is 79.9. The average Bonchev–Trinajstić information content (AvgIpc) is 3.18. The number of halogens is 1. The molecule has 0 atom stereocenters. The SMILES string of the molecule is Nc1cc(C(=O)N(Cc2ccccc2Br)C2CC2)[nH]n1. The summed E-state index contributed by atoms with van der Waals surface area (Å²) in [5.41, 5.74) is 7.11. The minimum Gasteiger partial charge on any atom is -0.382 e. The van der Waals surface area contributed by atoms with Gasteiger partial charge in [-0.25, -0.2) is 0 Å². The van der Waals surface area contributed by atoms with E-state index in [1.165, 1.54) is 0 Å². The van der Waals surface area contributed by atoms with Crippen LogP contribution < -0.4 is 5.73 Å². The number of anilines is 1. The van der Waals surface area contributed by atoms with Gasteiger partial charge in [-0.2, -0.15) is 5.10 Å². The molecule has 1 aromatic carbocycles.